The lowest BCUT2D eigenvalue weighted by Crippen LogP contribution is -2.32. The van der Waals surface area contributed by atoms with E-state index in [0.29, 0.717) is 11.4 Å². The number of rotatable bonds is 4. The van der Waals surface area contributed by atoms with Crippen LogP contribution in [0.15, 0.2) is 54.9 Å². The fraction of sp³-hybridized carbons (Fsp3) is 0.217. The van der Waals surface area contributed by atoms with Crippen LogP contribution >= 0.6 is 12.4 Å². The fourth-order valence-corrected chi connectivity index (χ4v) is 4.08. The molecule has 0 spiro atoms. The van der Waals surface area contributed by atoms with Crippen LogP contribution < -0.4 is 16.4 Å². The topological polar surface area (TPSA) is 111 Å². The first-order valence-corrected chi connectivity index (χ1v) is 10.5. The SMILES string of the molecule is Cl.Nc1nccc2c1c(-c1ccc(C(=O)Nc3cc(F)ccn3)cc1)nn2[C@@H]1CCCNC1. The molecule has 0 unspecified atom stereocenters. The monoisotopic (exact) mass is 467 g/mol. The number of fused-ring (bicyclic) bond motifs is 1. The maximum absolute atomic E-state index is 13.3. The summed E-state index contributed by atoms with van der Waals surface area (Å²) in [6.07, 6.45) is 5.13. The van der Waals surface area contributed by atoms with Crippen molar-refractivity contribution >= 4 is 40.9 Å². The third-order valence-corrected chi connectivity index (χ3v) is 5.65. The largest absolute Gasteiger partial charge is 0.383 e. The number of nitrogens with one attached hydrogen (secondary N) is 2. The van der Waals surface area contributed by atoms with E-state index in [-0.39, 0.29) is 30.2 Å². The average Bonchev–Trinajstić information content (AvgIpc) is 3.21. The number of hydrogen-bond donors (Lipinski definition) is 3. The van der Waals surface area contributed by atoms with Gasteiger partial charge >= 0.3 is 0 Å². The molecule has 1 amide bonds. The molecule has 4 N–H and O–H groups in total. The van der Waals surface area contributed by atoms with E-state index < -0.39 is 5.82 Å². The predicted molar refractivity (Wildman–Crippen MR) is 128 cm³/mol. The van der Waals surface area contributed by atoms with Gasteiger partial charge in [0.15, 0.2) is 0 Å². The molecule has 8 nitrogen and oxygen atoms in total. The van der Waals surface area contributed by atoms with E-state index in [9.17, 15) is 9.18 Å². The second-order valence-corrected chi connectivity index (χ2v) is 7.77. The van der Waals surface area contributed by atoms with Gasteiger partial charge in [-0.1, -0.05) is 12.1 Å². The average molecular weight is 468 g/mol. The fourth-order valence-electron chi connectivity index (χ4n) is 4.08. The van der Waals surface area contributed by atoms with Gasteiger partial charge in [-0.15, -0.1) is 12.4 Å². The lowest BCUT2D eigenvalue weighted by atomic mass is 10.1. The summed E-state index contributed by atoms with van der Waals surface area (Å²) < 4.78 is 15.4. The molecule has 33 heavy (non-hydrogen) atoms. The molecule has 0 saturated carbocycles. The predicted octanol–water partition coefficient (Wildman–Crippen LogP) is 3.81. The Kier molecular flexibility index (Phi) is 6.52. The Balaban J connectivity index is 0.00000259. The van der Waals surface area contributed by atoms with Crippen molar-refractivity contribution in [2.24, 2.45) is 0 Å². The third kappa shape index (κ3) is 4.50. The number of piperidine rings is 1. The van der Waals surface area contributed by atoms with Crippen molar-refractivity contribution in [3.63, 3.8) is 0 Å². The maximum Gasteiger partial charge on any atom is 0.256 e. The molecule has 1 fully saturated rings. The van der Waals surface area contributed by atoms with Gasteiger partial charge in [0.25, 0.3) is 5.91 Å². The number of nitrogens with zero attached hydrogens (tertiary/aromatic N) is 4. The van der Waals surface area contributed by atoms with Crippen molar-refractivity contribution in [2.75, 3.05) is 24.1 Å². The number of aromatic nitrogens is 4. The van der Waals surface area contributed by atoms with Crippen LogP contribution in [0, 0.1) is 5.82 Å². The van der Waals surface area contributed by atoms with Crippen LogP contribution in [0.4, 0.5) is 16.0 Å². The van der Waals surface area contributed by atoms with Crippen molar-refractivity contribution < 1.29 is 9.18 Å². The molecule has 4 aromatic rings. The zero-order valence-corrected chi connectivity index (χ0v) is 18.5. The lowest BCUT2D eigenvalue weighted by molar-refractivity contribution is 0.102. The van der Waals surface area contributed by atoms with Gasteiger partial charge in [-0.3, -0.25) is 9.48 Å². The lowest BCUT2D eigenvalue weighted by Gasteiger charge is -2.23. The second kappa shape index (κ2) is 9.51. The molecule has 1 aliphatic rings. The van der Waals surface area contributed by atoms with Crippen LogP contribution in [0.5, 0.6) is 0 Å². The Morgan fingerprint density at radius 1 is 1.15 bits per heavy atom. The minimum Gasteiger partial charge on any atom is -0.383 e. The minimum atomic E-state index is -0.465. The van der Waals surface area contributed by atoms with Gasteiger partial charge < -0.3 is 16.4 Å². The molecular formula is C23H23ClFN7O. The molecule has 0 radical (unpaired) electrons. The Bertz CT molecular complexity index is 1290. The number of benzene rings is 1. The van der Waals surface area contributed by atoms with Gasteiger partial charge in [-0.05, 0) is 43.7 Å². The first kappa shape index (κ1) is 22.6. The minimum absolute atomic E-state index is 0. The van der Waals surface area contributed by atoms with Crippen molar-refractivity contribution in [1.82, 2.24) is 25.1 Å². The molecular weight excluding hydrogens is 445 g/mol. The number of halogens is 2. The quantitative estimate of drug-likeness (QED) is 0.421. The molecule has 5 rings (SSSR count). The molecule has 1 aromatic carbocycles. The zero-order valence-electron chi connectivity index (χ0n) is 17.7. The summed E-state index contributed by atoms with van der Waals surface area (Å²) in [5.41, 5.74) is 9.16. The third-order valence-electron chi connectivity index (χ3n) is 5.65. The standard InChI is InChI=1S/C23H22FN7O.ClH/c24-16-7-10-27-19(12-16)29-23(32)15-5-3-14(4-6-15)21-20-18(8-11-28-22(20)25)31(30-21)17-2-1-9-26-13-17;/h3-8,10-12,17,26H,1-2,9,13H2,(H2,25,28)(H,27,29,32);1H/t17-;/m1./s1. The zero-order chi connectivity index (χ0) is 22.1. The summed E-state index contributed by atoms with van der Waals surface area (Å²) in [4.78, 5) is 20.7. The number of nitrogens with two attached hydrogens (primary N) is 1. The molecule has 0 bridgehead atoms. The number of carbonyl (C=O) groups is 1. The molecule has 170 valence electrons. The smallest absolute Gasteiger partial charge is 0.256 e. The Morgan fingerprint density at radius 3 is 2.67 bits per heavy atom. The van der Waals surface area contributed by atoms with Gasteiger partial charge in [0, 0.05) is 36.1 Å². The van der Waals surface area contributed by atoms with Crippen molar-refractivity contribution in [1.29, 1.82) is 0 Å². The summed E-state index contributed by atoms with van der Waals surface area (Å²) in [7, 11) is 0. The summed E-state index contributed by atoms with van der Waals surface area (Å²) in [6, 6.07) is 11.6. The van der Waals surface area contributed by atoms with Crippen LogP contribution in [-0.4, -0.2) is 38.7 Å². The number of pyridine rings is 2. The van der Waals surface area contributed by atoms with E-state index in [1.165, 1.54) is 18.3 Å². The Morgan fingerprint density at radius 2 is 1.94 bits per heavy atom. The van der Waals surface area contributed by atoms with Gasteiger partial charge in [0.05, 0.1) is 16.9 Å². The molecule has 1 saturated heterocycles. The molecule has 1 atom stereocenters. The summed E-state index contributed by atoms with van der Waals surface area (Å²) >= 11 is 0. The molecule has 3 aromatic heterocycles. The van der Waals surface area contributed by atoms with Gasteiger partial charge in [0.2, 0.25) is 0 Å². The highest BCUT2D eigenvalue weighted by Gasteiger charge is 2.22. The summed E-state index contributed by atoms with van der Waals surface area (Å²) in [5.74, 6) is -0.262. The normalized spacial score (nSPS) is 15.7. The van der Waals surface area contributed by atoms with E-state index in [1.807, 2.05) is 22.9 Å². The van der Waals surface area contributed by atoms with Crippen molar-refractivity contribution in [2.45, 2.75) is 18.9 Å². The summed E-state index contributed by atoms with van der Waals surface area (Å²) in [6.45, 7) is 1.87. The number of hydrogen-bond acceptors (Lipinski definition) is 6. The molecule has 10 heteroatoms. The van der Waals surface area contributed by atoms with Crippen molar-refractivity contribution in [3.8, 4) is 11.3 Å². The molecule has 4 heterocycles. The Hall–Kier alpha value is -3.56. The first-order valence-electron chi connectivity index (χ1n) is 10.5. The number of amides is 1. The van der Waals surface area contributed by atoms with Crippen molar-refractivity contribution in [3.05, 3.63) is 66.2 Å². The molecule has 0 aliphatic carbocycles. The van der Waals surface area contributed by atoms with Crippen LogP contribution in [0.25, 0.3) is 22.2 Å². The maximum atomic E-state index is 13.3. The molecule has 1 aliphatic heterocycles. The second-order valence-electron chi connectivity index (χ2n) is 7.77. The number of carbonyl (C=O) groups excluding carboxylic acids is 1. The highest BCUT2D eigenvalue weighted by Crippen LogP contribution is 2.34. The first-order chi connectivity index (χ1) is 15.6. The van der Waals surface area contributed by atoms with Crippen LogP contribution in [0.2, 0.25) is 0 Å². The van der Waals surface area contributed by atoms with Crippen LogP contribution in [-0.2, 0) is 0 Å². The van der Waals surface area contributed by atoms with E-state index in [1.54, 1.807) is 18.3 Å². The Labute approximate surface area is 195 Å². The van der Waals surface area contributed by atoms with Gasteiger partial charge in [-0.2, -0.15) is 5.10 Å². The van der Waals surface area contributed by atoms with Gasteiger partial charge in [-0.25, -0.2) is 14.4 Å². The van der Waals surface area contributed by atoms with E-state index in [2.05, 4.69) is 20.6 Å². The van der Waals surface area contributed by atoms with Gasteiger partial charge in [0.1, 0.15) is 23.1 Å². The highest BCUT2D eigenvalue weighted by atomic mass is 35.5. The van der Waals surface area contributed by atoms with Crippen LogP contribution in [0.1, 0.15) is 29.2 Å². The number of nitrogen functional groups attached to an aromatic ring is 1. The highest BCUT2D eigenvalue weighted by molar-refractivity contribution is 6.05. The van der Waals surface area contributed by atoms with E-state index in [0.717, 1.165) is 48.1 Å². The number of anilines is 2. The van der Waals surface area contributed by atoms with E-state index >= 15 is 0 Å². The van der Waals surface area contributed by atoms with E-state index in [4.69, 9.17) is 10.8 Å². The van der Waals surface area contributed by atoms with Crippen LogP contribution in [0.3, 0.4) is 0 Å². The summed E-state index contributed by atoms with van der Waals surface area (Å²) in [5, 5.41) is 11.7.